The van der Waals surface area contributed by atoms with E-state index in [1.54, 1.807) is 11.3 Å². The van der Waals surface area contributed by atoms with Gasteiger partial charge in [-0.05, 0) is 32.6 Å². The average molecular weight is 336 g/mol. The molecule has 128 valence electrons. The summed E-state index contributed by atoms with van der Waals surface area (Å²) in [7, 11) is 1.84. The molecule has 0 atom stereocenters. The second-order valence-corrected chi connectivity index (χ2v) is 8.00. The molecule has 0 bridgehead atoms. The molecule has 0 unspecified atom stereocenters. The molecule has 2 heterocycles. The third-order valence-corrected chi connectivity index (χ3v) is 5.92. The van der Waals surface area contributed by atoms with Crippen LogP contribution in [0.25, 0.3) is 0 Å². The van der Waals surface area contributed by atoms with Crippen LogP contribution in [0.2, 0.25) is 0 Å². The Balaban J connectivity index is 1.41. The highest BCUT2D eigenvalue weighted by Crippen LogP contribution is 2.26. The lowest BCUT2D eigenvalue weighted by Crippen LogP contribution is -2.50. The van der Waals surface area contributed by atoms with Crippen LogP contribution in [0.5, 0.6) is 0 Å². The molecule has 1 aromatic heterocycles. The van der Waals surface area contributed by atoms with Gasteiger partial charge in [0.15, 0.2) is 5.96 Å². The quantitative estimate of drug-likeness (QED) is 0.656. The van der Waals surface area contributed by atoms with E-state index >= 15 is 0 Å². The van der Waals surface area contributed by atoms with Crippen LogP contribution in [0.4, 0.5) is 0 Å². The number of aromatic nitrogens is 1. The number of piperidine rings is 1. The minimum absolute atomic E-state index is 0.539. The number of nitrogens with zero attached hydrogens (tertiary/aromatic N) is 3. The summed E-state index contributed by atoms with van der Waals surface area (Å²) in [6, 6.07) is 1.40. The molecule has 1 aromatic rings. The van der Waals surface area contributed by atoms with Crippen molar-refractivity contribution in [1.29, 1.82) is 0 Å². The van der Waals surface area contributed by atoms with Crippen LogP contribution in [0.3, 0.4) is 0 Å². The predicted octanol–water partition coefficient (Wildman–Crippen LogP) is 2.52. The van der Waals surface area contributed by atoms with Crippen molar-refractivity contribution in [3.8, 4) is 0 Å². The van der Waals surface area contributed by atoms with Crippen molar-refractivity contribution in [2.45, 2.75) is 64.1 Å². The number of aryl methyl sites for hydroxylation is 1. The summed E-state index contributed by atoms with van der Waals surface area (Å²) in [6.07, 6.45) is 10.0. The Hall–Kier alpha value is -1.14. The molecule has 0 spiro atoms. The van der Waals surface area contributed by atoms with Gasteiger partial charge in [-0.25, -0.2) is 4.98 Å². The summed E-state index contributed by atoms with van der Waals surface area (Å²) >= 11 is 1.74. The third-order valence-electron chi connectivity index (χ3n) is 5.01. The van der Waals surface area contributed by atoms with Gasteiger partial charge in [0, 0.05) is 43.3 Å². The van der Waals surface area contributed by atoms with Crippen LogP contribution in [-0.2, 0) is 6.54 Å². The number of nitrogens with one attached hydrogen (secondary N) is 2. The first-order valence-electron chi connectivity index (χ1n) is 8.87. The van der Waals surface area contributed by atoms with E-state index in [4.69, 9.17) is 0 Å². The fraction of sp³-hybridized carbons (Fsp3) is 0.765. The summed E-state index contributed by atoms with van der Waals surface area (Å²) in [5, 5.41) is 8.08. The molecule has 2 fully saturated rings. The molecule has 2 N–H and O–H groups in total. The Kier molecular flexibility index (Phi) is 5.89. The summed E-state index contributed by atoms with van der Waals surface area (Å²) in [5.74, 6) is 0.900. The summed E-state index contributed by atoms with van der Waals surface area (Å²) in [4.78, 5) is 12.7. The van der Waals surface area contributed by atoms with Gasteiger partial charge >= 0.3 is 0 Å². The van der Waals surface area contributed by atoms with Crippen molar-refractivity contribution in [2.75, 3.05) is 20.1 Å². The van der Waals surface area contributed by atoms with Crippen molar-refractivity contribution in [1.82, 2.24) is 20.5 Å². The summed E-state index contributed by atoms with van der Waals surface area (Å²) < 4.78 is 0. The lowest BCUT2D eigenvalue weighted by molar-refractivity contribution is 0.150. The van der Waals surface area contributed by atoms with E-state index in [1.165, 1.54) is 56.5 Å². The van der Waals surface area contributed by atoms with E-state index in [-0.39, 0.29) is 0 Å². The Morgan fingerprint density at radius 1 is 1.30 bits per heavy atom. The maximum Gasteiger partial charge on any atom is 0.191 e. The topological polar surface area (TPSA) is 52.6 Å². The summed E-state index contributed by atoms with van der Waals surface area (Å²) in [6.45, 7) is 5.29. The van der Waals surface area contributed by atoms with Gasteiger partial charge in [-0.3, -0.25) is 4.99 Å². The van der Waals surface area contributed by atoms with Gasteiger partial charge in [-0.2, -0.15) is 0 Å². The molecule has 23 heavy (non-hydrogen) atoms. The first-order valence-corrected chi connectivity index (χ1v) is 9.69. The lowest BCUT2D eigenvalue weighted by Gasteiger charge is -2.36. The lowest BCUT2D eigenvalue weighted by atomic mass is 10.0. The van der Waals surface area contributed by atoms with E-state index in [9.17, 15) is 0 Å². The second kappa shape index (κ2) is 8.11. The molecule has 5 nitrogen and oxygen atoms in total. The Morgan fingerprint density at radius 2 is 2.04 bits per heavy atom. The molecule has 0 amide bonds. The van der Waals surface area contributed by atoms with Crippen LogP contribution < -0.4 is 10.6 Å². The van der Waals surface area contributed by atoms with Gasteiger partial charge < -0.3 is 15.5 Å². The number of aliphatic imine (C=N–C) groups is 1. The molecule has 1 aliphatic carbocycles. The molecule has 0 aromatic carbocycles. The zero-order valence-corrected chi connectivity index (χ0v) is 15.2. The zero-order valence-electron chi connectivity index (χ0n) is 14.3. The van der Waals surface area contributed by atoms with E-state index in [0.29, 0.717) is 6.04 Å². The number of guanidine groups is 1. The molecule has 6 heteroatoms. The minimum atomic E-state index is 0.539. The first kappa shape index (κ1) is 16.7. The van der Waals surface area contributed by atoms with Crippen LogP contribution in [0.15, 0.2) is 11.2 Å². The van der Waals surface area contributed by atoms with Crippen molar-refractivity contribution >= 4 is 17.3 Å². The van der Waals surface area contributed by atoms with Crippen LogP contribution >= 0.6 is 11.3 Å². The maximum absolute atomic E-state index is 4.39. The van der Waals surface area contributed by atoms with Crippen molar-refractivity contribution in [2.24, 2.45) is 4.99 Å². The third kappa shape index (κ3) is 4.67. The van der Waals surface area contributed by atoms with E-state index in [2.05, 4.69) is 32.4 Å². The highest BCUT2D eigenvalue weighted by molar-refractivity contribution is 7.11. The number of rotatable bonds is 4. The molecule has 2 aliphatic rings. The van der Waals surface area contributed by atoms with Gasteiger partial charge in [0.05, 0.1) is 6.54 Å². The van der Waals surface area contributed by atoms with Crippen molar-refractivity contribution in [3.63, 3.8) is 0 Å². The molecule has 1 saturated carbocycles. The van der Waals surface area contributed by atoms with Crippen LogP contribution in [0.1, 0.15) is 48.4 Å². The minimum Gasteiger partial charge on any atom is -0.354 e. The number of hydrogen-bond acceptors (Lipinski definition) is 4. The molecule has 1 aliphatic heterocycles. The highest BCUT2D eigenvalue weighted by atomic mass is 32.1. The van der Waals surface area contributed by atoms with Crippen LogP contribution in [-0.4, -0.2) is 48.1 Å². The fourth-order valence-corrected chi connectivity index (χ4v) is 4.44. The van der Waals surface area contributed by atoms with E-state index in [1.807, 2.05) is 13.2 Å². The van der Waals surface area contributed by atoms with Gasteiger partial charge in [-0.1, -0.05) is 12.8 Å². The zero-order chi connectivity index (χ0) is 16.1. The number of hydrogen-bond donors (Lipinski definition) is 2. The standard InChI is InChI=1S/C17H29N5S/c1-13-11-19-16(23-13)12-20-17(18-2)21-14-7-9-22(10-8-14)15-5-3-4-6-15/h11,14-15H,3-10,12H2,1-2H3,(H2,18,20,21). The van der Waals surface area contributed by atoms with Gasteiger partial charge in [0.1, 0.15) is 5.01 Å². The Labute approximate surface area is 143 Å². The first-order chi connectivity index (χ1) is 11.2. The van der Waals surface area contributed by atoms with Crippen LogP contribution in [0, 0.1) is 6.92 Å². The SMILES string of the molecule is CN=C(NCc1ncc(C)s1)NC1CCN(C2CCCC2)CC1. The Morgan fingerprint density at radius 3 is 2.65 bits per heavy atom. The van der Waals surface area contributed by atoms with E-state index in [0.717, 1.165) is 23.6 Å². The second-order valence-electron chi connectivity index (χ2n) is 6.68. The Bertz CT molecular complexity index is 513. The average Bonchev–Trinajstić information content (AvgIpc) is 3.24. The molecule has 3 rings (SSSR count). The van der Waals surface area contributed by atoms with Crippen molar-refractivity contribution in [3.05, 3.63) is 16.1 Å². The van der Waals surface area contributed by atoms with Gasteiger partial charge in [0.25, 0.3) is 0 Å². The predicted molar refractivity (Wildman–Crippen MR) is 97.0 cm³/mol. The van der Waals surface area contributed by atoms with Crippen molar-refractivity contribution < 1.29 is 0 Å². The summed E-state index contributed by atoms with van der Waals surface area (Å²) in [5.41, 5.74) is 0. The van der Waals surface area contributed by atoms with Gasteiger partial charge in [0.2, 0.25) is 0 Å². The number of likely N-dealkylation sites (tertiary alicyclic amines) is 1. The largest absolute Gasteiger partial charge is 0.354 e. The molecule has 0 radical (unpaired) electrons. The molecular formula is C17H29N5S. The fourth-order valence-electron chi connectivity index (χ4n) is 3.71. The highest BCUT2D eigenvalue weighted by Gasteiger charge is 2.27. The molecule has 1 saturated heterocycles. The smallest absolute Gasteiger partial charge is 0.191 e. The maximum atomic E-state index is 4.39. The molecular weight excluding hydrogens is 306 g/mol. The van der Waals surface area contributed by atoms with Gasteiger partial charge in [-0.15, -0.1) is 11.3 Å². The monoisotopic (exact) mass is 335 g/mol. The number of thiazole rings is 1. The normalized spacial score (nSPS) is 21.7. The van der Waals surface area contributed by atoms with E-state index < -0.39 is 0 Å².